The van der Waals surface area contributed by atoms with Crippen LogP contribution in [0.25, 0.3) is 0 Å². The van der Waals surface area contributed by atoms with Gasteiger partial charge in [-0.25, -0.2) is 4.18 Å². The highest BCUT2D eigenvalue weighted by molar-refractivity contribution is 7.80. The van der Waals surface area contributed by atoms with E-state index in [-0.39, 0.29) is 6.29 Å². The van der Waals surface area contributed by atoms with Crippen molar-refractivity contribution in [3.8, 4) is 0 Å². The maximum Gasteiger partial charge on any atom is 0.397 e. The largest absolute Gasteiger partial charge is 0.397 e. The third-order valence-electron chi connectivity index (χ3n) is 3.90. The van der Waals surface area contributed by atoms with Crippen LogP contribution in [0, 0.1) is 0 Å². The Morgan fingerprint density at radius 2 is 1.71 bits per heavy atom. The minimum absolute atomic E-state index is 0.164. The molecule has 0 aliphatic carbocycles. The molecule has 1 aliphatic heterocycles. The molecule has 0 saturated carbocycles. The molecule has 0 aromatic heterocycles. The Bertz CT molecular complexity index is 660. The molecule has 0 radical (unpaired) electrons. The zero-order valence-electron chi connectivity index (χ0n) is 16.1. The standard InChI is InChI=1S/C8H15NO6.C6H12O9S/c1-3(11)9-5-7(13)6(12)4(2-10)15-8(5)14;7-1-3(9)5(11)6(4(10)2-8)15-16(12,13)14/h4-8,10,12-14H,2H2,1H3,(H,9,11);2-7,9-11H,1H2,(H,12,13,14)/t4-,5-,6+,7-,8?;3-,4+,5-,6-/m11/s1. The Balaban J connectivity index is 0.000000581. The molecular weight excluding hydrogens is 454 g/mol. The van der Waals surface area contributed by atoms with Crippen LogP contribution in [-0.4, -0.2) is 134 Å². The Morgan fingerprint density at radius 1 is 1.16 bits per heavy atom. The van der Waals surface area contributed by atoms with Crippen LogP contribution in [0.4, 0.5) is 0 Å². The molecule has 1 unspecified atom stereocenters. The van der Waals surface area contributed by atoms with E-state index in [0.717, 1.165) is 0 Å². The molecule has 1 saturated heterocycles. The van der Waals surface area contributed by atoms with Gasteiger partial charge >= 0.3 is 10.4 Å². The van der Waals surface area contributed by atoms with Crippen LogP contribution in [0.2, 0.25) is 0 Å². The molecule has 1 heterocycles. The minimum Gasteiger partial charge on any atom is -0.394 e. The molecule has 0 bridgehead atoms. The summed E-state index contributed by atoms with van der Waals surface area (Å²) in [4.78, 5) is 20.9. The summed E-state index contributed by atoms with van der Waals surface area (Å²) in [5.41, 5.74) is 0. The van der Waals surface area contributed by atoms with Gasteiger partial charge in [0, 0.05) is 6.92 Å². The first-order chi connectivity index (χ1) is 14.2. The molecule has 1 aliphatic rings. The Morgan fingerprint density at radius 3 is 2.10 bits per heavy atom. The summed E-state index contributed by atoms with van der Waals surface area (Å²) in [5.74, 6) is -0.462. The Kier molecular flexibility index (Phi) is 12.7. The van der Waals surface area contributed by atoms with Crippen molar-refractivity contribution in [2.75, 3.05) is 13.2 Å². The fourth-order valence-electron chi connectivity index (χ4n) is 2.35. The summed E-state index contributed by atoms with van der Waals surface area (Å²) in [6.07, 6.45) is -13.5. The Hall–Kier alpha value is -1.35. The zero-order chi connectivity index (χ0) is 24.5. The first-order valence-corrected chi connectivity index (χ1v) is 9.90. The quantitative estimate of drug-likeness (QED) is 0.108. The number of rotatable bonds is 9. The topological polar surface area (TPSA) is 281 Å². The van der Waals surface area contributed by atoms with Crippen molar-refractivity contribution in [1.82, 2.24) is 5.32 Å². The van der Waals surface area contributed by atoms with Crippen LogP contribution in [0.3, 0.4) is 0 Å². The van der Waals surface area contributed by atoms with Gasteiger partial charge in [0.15, 0.2) is 12.6 Å². The SMILES string of the molecule is CC(=O)N[C@H]1C(O)O[C@H](CO)[C@H](O)[C@@H]1O.O=C[C@H](O)[C@@H](OS(=O)(=O)O)[C@H](O)[C@H](O)CO. The average Bonchev–Trinajstić information content (AvgIpc) is 2.69. The summed E-state index contributed by atoms with van der Waals surface area (Å²) in [7, 11) is -5.04. The lowest BCUT2D eigenvalue weighted by molar-refractivity contribution is -0.253. The van der Waals surface area contributed by atoms with E-state index in [9.17, 15) is 38.4 Å². The highest BCUT2D eigenvalue weighted by atomic mass is 32.3. The monoisotopic (exact) mass is 481 g/mol. The summed E-state index contributed by atoms with van der Waals surface area (Å²) >= 11 is 0. The van der Waals surface area contributed by atoms with Crippen LogP contribution < -0.4 is 5.32 Å². The highest BCUT2D eigenvalue weighted by Gasteiger charge is 2.43. The fraction of sp³-hybridized carbons (Fsp3) is 0.857. The van der Waals surface area contributed by atoms with Gasteiger partial charge in [0.05, 0.1) is 13.2 Å². The van der Waals surface area contributed by atoms with E-state index in [0.29, 0.717) is 0 Å². The van der Waals surface area contributed by atoms with Gasteiger partial charge in [-0.05, 0) is 0 Å². The molecule has 10 N–H and O–H groups in total. The maximum absolute atomic E-state index is 10.7. The van der Waals surface area contributed by atoms with Crippen molar-refractivity contribution in [2.24, 2.45) is 0 Å². The van der Waals surface area contributed by atoms with Crippen molar-refractivity contribution < 1.29 is 72.3 Å². The normalized spacial score (nSPS) is 30.2. The summed E-state index contributed by atoms with van der Waals surface area (Å²) in [5, 5.41) is 75.0. The van der Waals surface area contributed by atoms with Crippen molar-refractivity contribution in [3.05, 3.63) is 0 Å². The summed E-state index contributed by atoms with van der Waals surface area (Å²) in [6.45, 7) is -0.274. The lowest BCUT2D eigenvalue weighted by atomic mass is 9.97. The molecular formula is C14H27NO15S. The molecule has 0 spiro atoms. The smallest absolute Gasteiger partial charge is 0.394 e. The second-order valence-electron chi connectivity index (χ2n) is 6.31. The number of ether oxygens (including phenoxy) is 1. The number of aliphatic hydroxyl groups excluding tert-OH is 8. The van der Waals surface area contributed by atoms with E-state index >= 15 is 0 Å². The van der Waals surface area contributed by atoms with Crippen LogP contribution in [-0.2, 0) is 28.9 Å². The van der Waals surface area contributed by atoms with Crippen LogP contribution in [0.15, 0.2) is 0 Å². The summed E-state index contributed by atoms with van der Waals surface area (Å²) in [6, 6.07) is -1.10. The molecule has 0 aromatic rings. The molecule has 9 atom stereocenters. The first-order valence-electron chi connectivity index (χ1n) is 8.53. The van der Waals surface area contributed by atoms with Crippen molar-refractivity contribution in [2.45, 2.75) is 62.0 Å². The van der Waals surface area contributed by atoms with Gasteiger partial charge in [-0.2, -0.15) is 8.42 Å². The van der Waals surface area contributed by atoms with Crippen molar-refractivity contribution in [1.29, 1.82) is 0 Å². The maximum atomic E-state index is 10.7. The zero-order valence-corrected chi connectivity index (χ0v) is 16.9. The van der Waals surface area contributed by atoms with Gasteiger partial charge in [-0.15, -0.1) is 0 Å². The molecule has 1 fully saturated rings. The molecule has 31 heavy (non-hydrogen) atoms. The second kappa shape index (κ2) is 13.3. The third-order valence-corrected chi connectivity index (χ3v) is 4.36. The van der Waals surface area contributed by atoms with Gasteiger partial charge in [0.2, 0.25) is 5.91 Å². The average molecular weight is 481 g/mol. The number of nitrogens with one attached hydrogen (secondary N) is 1. The molecule has 1 rings (SSSR count). The van der Waals surface area contributed by atoms with E-state index in [1.165, 1.54) is 6.92 Å². The lowest BCUT2D eigenvalue weighted by Gasteiger charge is -2.40. The molecule has 17 heteroatoms. The predicted octanol–water partition coefficient (Wildman–Crippen LogP) is -6.63. The minimum atomic E-state index is -5.04. The van der Waals surface area contributed by atoms with Gasteiger partial charge in [-0.3, -0.25) is 9.35 Å². The van der Waals surface area contributed by atoms with E-state index in [4.69, 9.17) is 29.7 Å². The van der Waals surface area contributed by atoms with Crippen LogP contribution >= 0.6 is 0 Å². The fourth-order valence-corrected chi connectivity index (χ4v) is 2.86. The highest BCUT2D eigenvalue weighted by Crippen LogP contribution is 2.19. The van der Waals surface area contributed by atoms with E-state index < -0.39 is 84.6 Å². The van der Waals surface area contributed by atoms with Crippen molar-refractivity contribution >= 4 is 22.6 Å². The van der Waals surface area contributed by atoms with Gasteiger partial charge in [-0.1, -0.05) is 0 Å². The van der Waals surface area contributed by atoms with E-state index in [1.54, 1.807) is 0 Å². The molecule has 0 aromatic carbocycles. The van der Waals surface area contributed by atoms with Crippen molar-refractivity contribution in [3.63, 3.8) is 0 Å². The number of hydrogen-bond donors (Lipinski definition) is 10. The Labute approximate surface area is 176 Å². The lowest BCUT2D eigenvalue weighted by Crippen LogP contribution is -2.63. The molecule has 184 valence electrons. The van der Waals surface area contributed by atoms with E-state index in [2.05, 4.69) is 9.50 Å². The van der Waals surface area contributed by atoms with Gasteiger partial charge in [0.1, 0.15) is 48.8 Å². The first kappa shape index (κ1) is 29.7. The van der Waals surface area contributed by atoms with Crippen LogP contribution in [0.5, 0.6) is 0 Å². The molecule has 1 amide bonds. The second-order valence-corrected chi connectivity index (χ2v) is 7.36. The molecule has 16 nitrogen and oxygen atoms in total. The summed E-state index contributed by atoms with van der Waals surface area (Å²) < 4.78 is 37.6. The third kappa shape index (κ3) is 9.76. The number of carbonyl (C=O) groups is 2. The number of aldehydes is 1. The number of amides is 1. The van der Waals surface area contributed by atoms with Gasteiger partial charge < -0.3 is 55.7 Å². The predicted molar refractivity (Wildman–Crippen MR) is 95.2 cm³/mol. The number of aliphatic hydroxyl groups is 8. The number of hydrogen-bond acceptors (Lipinski definition) is 14. The number of carbonyl (C=O) groups excluding carboxylic acids is 2. The van der Waals surface area contributed by atoms with Crippen LogP contribution in [0.1, 0.15) is 6.92 Å². The van der Waals surface area contributed by atoms with E-state index in [1.807, 2.05) is 0 Å². The van der Waals surface area contributed by atoms with Gasteiger partial charge in [0.25, 0.3) is 0 Å².